The van der Waals surface area contributed by atoms with Crippen LogP contribution in [0.5, 0.6) is 0 Å². The van der Waals surface area contributed by atoms with E-state index in [0.29, 0.717) is 36.4 Å². The van der Waals surface area contributed by atoms with Gasteiger partial charge in [-0.15, -0.1) is 0 Å². The summed E-state index contributed by atoms with van der Waals surface area (Å²) in [4.78, 5) is 3.95. The Bertz CT molecular complexity index is 582. The van der Waals surface area contributed by atoms with Crippen LogP contribution in [0.15, 0.2) is 24.4 Å². The number of rotatable bonds is 1. The Labute approximate surface area is 123 Å². The van der Waals surface area contributed by atoms with Crippen molar-refractivity contribution in [1.82, 2.24) is 4.98 Å². The maximum absolute atomic E-state index is 6.09. The summed E-state index contributed by atoms with van der Waals surface area (Å²) in [6.07, 6.45) is 1.46. The third kappa shape index (κ3) is 2.81. The van der Waals surface area contributed by atoms with Gasteiger partial charge in [-0.3, -0.25) is 0 Å². The van der Waals surface area contributed by atoms with Crippen LogP contribution < -0.4 is 0 Å². The molecule has 0 saturated carbocycles. The summed E-state index contributed by atoms with van der Waals surface area (Å²) in [6.45, 7) is 0. The van der Waals surface area contributed by atoms with E-state index >= 15 is 0 Å². The van der Waals surface area contributed by atoms with Gasteiger partial charge in [-0.25, -0.2) is 4.98 Å². The van der Waals surface area contributed by atoms with E-state index in [-0.39, 0.29) is 0 Å². The lowest BCUT2D eigenvalue weighted by Crippen LogP contribution is -1.86. The van der Waals surface area contributed by atoms with Crippen molar-refractivity contribution in [3.63, 3.8) is 0 Å². The molecule has 0 aliphatic heterocycles. The fourth-order valence-corrected chi connectivity index (χ4v) is 2.35. The van der Waals surface area contributed by atoms with Crippen LogP contribution in [0.1, 0.15) is 0 Å². The van der Waals surface area contributed by atoms with Gasteiger partial charge in [0.25, 0.3) is 0 Å². The van der Waals surface area contributed by atoms with E-state index in [1.807, 2.05) is 0 Å². The highest BCUT2D eigenvalue weighted by atomic mass is 35.5. The van der Waals surface area contributed by atoms with Crippen molar-refractivity contribution in [1.29, 1.82) is 0 Å². The molecule has 0 radical (unpaired) electrons. The maximum atomic E-state index is 6.09. The van der Waals surface area contributed by atoms with Crippen LogP contribution in [0, 0.1) is 0 Å². The van der Waals surface area contributed by atoms with E-state index in [9.17, 15) is 0 Å². The van der Waals surface area contributed by atoms with Gasteiger partial charge in [-0.1, -0.05) is 58.0 Å². The zero-order chi connectivity index (χ0) is 12.6. The van der Waals surface area contributed by atoms with Crippen LogP contribution in [0.4, 0.5) is 0 Å². The van der Waals surface area contributed by atoms with Gasteiger partial charge in [0.05, 0.1) is 20.1 Å². The van der Waals surface area contributed by atoms with Crippen LogP contribution in [0.3, 0.4) is 0 Å². The molecule has 0 saturated heterocycles. The predicted molar refractivity (Wildman–Crippen MR) is 74.7 cm³/mol. The molecule has 0 aliphatic rings. The fraction of sp³-hybridized carbons (Fsp3) is 0. The lowest BCUT2D eigenvalue weighted by Gasteiger charge is -2.08. The highest BCUT2D eigenvalue weighted by Crippen LogP contribution is 2.38. The minimum Gasteiger partial charge on any atom is -0.242 e. The Kier molecular flexibility index (Phi) is 4.06. The fourth-order valence-electron chi connectivity index (χ4n) is 1.34. The average Bonchev–Trinajstić information content (AvgIpc) is 2.27. The smallest absolute Gasteiger partial charge is 0.136 e. The molecule has 0 fully saturated rings. The molecule has 1 heterocycles. The molecule has 0 atom stereocenters. The van der Waals surface area contributed by atoms with Gasteiger partial charge in [0.15, 0.2) is 0 Å². The quantitative estimate of drug-likeness (QED) is 0.461. The predicted octanol–water partition coefficient (Wildman–Crippen LogP) is 6.02. The van der Waals surface area contributed by atoms with Gasteiger partial charge in [-0.05, 0) is 18.2 Å². The molecule has 2 rings (SSSR count). The first kappa shape index (κ1) is 13.3. The van der Waals surface area contributed by atoms with Gasteiger partial charge >= 0.3 is 0 Å². The molecular formula is C11H4Cl5N. The van der Waals surface area contributed by atoms with Crippen LogP contribution in [0.2, 0.25) is 25.2 Å². The number of nitrogens with zero attached hydrogens (tertiary/aromatic N) is 1. The second-order valence-electron chi connectivity index (χ2n) is 3.24. The number of aromatic nitrogens is 1. The first-order valence-electron chi connectivity index (χ1n) is 4.45. The van der Waals surface area contributed by atoms with Gasteiger partial charge in [0, 0.05) is 17.3 Å². The topological polar surface area (TPSA) is 12.9 Å². The highest BCUT2D eigenvalue weighted by molar-refractivity contribution is 6.44. The summed E-state index contributed by atoms with van der Waals surface area (Å²) in [5, 5.41) is 1.97. The lowest BCUT2D eigenvalue weighted by molar-refractivity contribution is 1.33. The van der Waals surface area contributed by atoms with E-state index in [2.05, 4.69) is 4.98 Å². The molecule has 1 aromatic carbocycles. The zero-order valence-electron chi connectivity index (χ0n) is 8.15. The minimum absolute atomic E-state index is 0.301. The van der Waals surface area contributed by atoms with Crippen LogP contribution >= 0.6 is 58.0 Å². The van der Waals surface area contributed by atoms with Crippen molar-refractivity contribution in [3.05, 3.63) is 49.6 Å². The molecule has 1 nitrogen and oxygen atoms in total. The molecule has 1 aromatic heterocycles. The lowest BCUT2D eigenvalue weighted by atomic mass is 10.1. The van der Waals surface area contributed by atoms with Crippen molar-refractivity contribution >= 4 is 58.0 Å². The van der Waals surface area contributed by atoms with Crippen molar-refractivity contribution < 1.29 is 0 Å². The number of pyridine rings is 1. The number of benzene rings is 1. The maximum Gasteiger partial charge on any atom is 0.136 e. The molecule has 0 bridgehead atoms. The Balaban J connectivity index is 2.68. The molecule has 0 spiro atoms. The largest absolute Gasteiger partial charge is 0.242 e. The Morgan fingerprint density at radius 2 is 1.35 bits per heavy atom. The van der Waals surface area contributed by atoms with Crippen LogP contribution in [-0.4, -0.2) is 4.98 Å². The molecule has 0 amide bonds. The molecule has 0 unspecified atom stereocenters. The molecular weight excluding hydrogens is 323 g/mol. The van der Waals surface area contributed by atoms with Gasteiger partial charge in [0.1, 0.15) is 5.15 Å². The second-order valence-corrected chi connectivity index (χ2v) is 5.25. The van der Waals surface area contributed by atoms with E-state index in [1.165, 1.54) is 6.20 Å². The Hall–Kier alpha value is -0.180. The molecule has 0 aliphatic carbocycles. The number of hydrogen-bond donors (Lipinski definition) is 0. The Morgan fingerprint density at radius 3 is 2.06 bits per heavy atom. The van der Waals surface area contributed by atoms with Gasteiger partial charge in [0.2, 0.25) is 0 Å². The molecule has 17 heavy (non-hydrogen) atoms. The van der Waals surface area contributed by atoms with Crippen molar-refractivity contribution in [2.24, 2.45) is 0 Å². The minimum atomic E-state index is 0.301. The van der Waals surface area contributed by atoms with E-state index in [1.54, 1.807) is 18.2 Å². The standard InChI is InChI=1S/C11H4Cl5N/c12-5-1-7(11(16)17-4-5)6-2-9(14)10(15)3-8(6)13/h1-4H. The van der Waals surface area contributed by atoms with E-state index in [0.717, 1.165) is 0 Å². The van der Waals surface area contributed by atoms with Crippen molar-refractivity contribution in [2.45, 2.75) is 0 Å². The van der Waals surface area contributed by atoms with E-state index in [4.69, 9.17) is 58.0 Å². The molecule has 2 aromatic rings. The first-order valence-corrected chi connectivity index (χ1v) is 6.34. The molecule has 0 N–H and O–H groups in total. The average molecular weight is 327 g/mol. The van der Waals surface area contributed by atoms with Gasteiger partial charge in [-0.2, -0.15) is 0 Å². The number of halogens is 5. The van der Waals surface area contributed by atoms with Crippen LogP contribution in [-0.2, 0) is 0 Å². The Morgan fingerprint density at radius 1 is 0.706 bits per heavy atom. The summed E-state index contributed by atoms with van der Waals surface area (Å²) < 4.78 is 0. The second kappa shape index (κ2) is 5.21. The summed E-state index contributed by atoms with van der Waals surface area (Å²) >= 11 is 29.7. The zero-order valence-corrected chi connectivity index (χ0v) is 11.9. The first-order chi connectivity index (χ1) is 7.99. The highest BCUT2D eigenvalue weighted by Gasteiger charge is 2.12. The van der Waals surface area contributed by atoms with Crippen molar-refractivity contribution in [3.8, 4) is 11.1 Å². The third-order valence-corrected chi connectivity index (χ3v) is 3.65. The van der Waals surface area contributed by atoms with Crippen molar-refractivity contribution in [2.75, 3.05) is 0 Å². The van der Waals surface area contributed by atoms with Crippen LogP contribution in [0.25, 0.3) is 11.1 Å². The van der Waals surface area contributed by atoms with Gasteiger partial charge < -0.3 is 0 Å². The normalized spacial score (nSPS) is 10.6. The summed E-state index contributed by atoms with van der Waals surface area (Å²) in [6, 6.07) is 4.85. The summed E-state index contributed by atoms with van der Waals surface area (Å²) in [5.74, 6) is 0. The summed E-state index contributed by atoms with van der Waals surface area (Å²) in [7, 11) is 0. The van der Waals surface area contributed by atoms with E-state index < -0.39 is 0 Å². The number of hydrogen-bond acceptors (Lipinski definition) is 1. The summed E-state index contributed by atoms with van der Waals surface area (Å²) in [5.41, 5.74) is 1.25. The molecule has 6 heteroatoms. The monoisotopic (exact) mass is 325 g/mol. The SMILES string of the molecule is Clc1cnc(Cl)c(-c2cc(Cl)c(Cl)cc2Cl)c1. The molecule has 88 valence electrons. The third-order valence-electron chi connectivity index (χ3n) is 2.11.